The molecule has 0 unspecified atom stereocenters. The molecule has 0 radical (unpaired) electrons. The molecule has 1 aromatic heterocycles. The predicted molar refractivity (Wildman–Crippen MR) is 35.0 cm³/mol. The highest BCUT2D eigenvalue weighted by Crippen LogP contribution is 2.16. The molecule has 0 bridgehead atoms. The molecular weight excluding hydrogens is 130 g/mol. The number of nitrogen functional groups attached to an aromatic ring is 1. The Labute approximate surface area is 57.5 Å². The van der Waals surface area contributed by atoms with E-state index in [1.165, 1.54) is 6.07 Å². The first-order valence-corrected chi connectivity index (χ1v) is 2.58. The highest BCUT2D eigenvalue weighted by molar-refractivity contribution is 5.52. The van der Waals surface area contributed by atoms with Gasteiger partial charge in [0.2, 0.25) is 0 Å². The van der Waals surface area contributed by atoms with Crippen molar-refractivity contribution in [2.24, 2.45) is 0 Å². The fourth-order valence-electron chi connectivity index (χ4n) is 0.525. The number of pyridine rings is 1. The summed E-state index contributed by atoms with van der Waals surface area (Å²) in [6, 6.07) is 3.11. The zero-order valence-corrected chi connectivity index (χ0v) is 5.07. The van der Waals surface area contributed by atoms with Crippen molar-refractivity contribution in [1.82, 2.24) is 4.98 Å². The summed E-state index contributed by atoms with van der Waals surface area (Å²) < 4.78 is 0. The van der Waals surface area contributed by atoms with Gasteiger partial charge in [0.05, 0.1) is 11.9 Å². The van der Waals surface area contributed by atoms with Crippen LogP contribution in [-0.2, 0) is 0 Å². The standard InChI is InChI=1S/C6H5N3O/c7-2-4-1-5(8)6(10)3-9-4/h1,3,10H,(H2,8,9). The summed E-state index contributed by atoms with van der Waals surface area (Å²) in [5.74, 6) is -0.0981. The molecule has 4 heteroatoms. The Morgan fingerprint density at radius 2 is 2.40 bits per heavy atom. The van der Waals surface area contributed by atoms with Crippen LogP contribution in [0.5, 0.6) is 5.75 Å². The van der Waals surface area contributed by atoms with Crippen LogP contribution in [0.15, 0.2) is 12.3 Å². The lowest BCUT2D eigenvalue weighted by Crippen LogP contribution is -1.89. The van der Waals surface area contributed by atoms with E-state index in [0.717, 1.165) is 6.20 Å². The zero-order chi connectivity index (χ0) is 7.56. The van der Waals surface area contributed by atoms with E-state index >= 15 is 0 Å². The van der Waals surface area contributed by atoms with E-state index in [0.29, 0.717) is 0 Å². The molecule has 0 aromatic carbocycles. The molecule has 1 aromatic rings. The summed E-state index contributed by atoms with van der Waals surface area (Å²) in [4.78, 5) is 3.57. The summed E-state index contributed by atoms with van der Waals surface area (Å²) in [5.41, 5.74) is 5.63. The number of nitrogens with two attached hydrogens (primary N) is 1. The smallest absolute Gasteiger partial charge is 0.156 e. The van der Waals surface area contributed by atoms with Gasteiger partial charge < -0.3 is 10.8 Å². The molecule has 1 heterocycles. The van der Waals surface area contributed by atoms with Crippen LogP contribution in [0.4, 0.5) is 5.69 Å². The fourth-order valence-corrected chi connectivity index (χ4v) is 0.525. The van der Waals surface area contributed by atoms with Crippen LogP contribution in [0.1, 0.15) is 5.69 Å². The highest BCUT2D eigenvalue weighted by Gasteiger charge is 1.97. The maximum Gasteiger partial charge on any atom is 0.156 e. The van der Waals surface area contributed by atoms with Crippen LogP contribution < -0.4 is 5.73 Å². The van der Waals surface area contributed by atoms with Gasteiger partial charge >= 0.3 is 0 Å². The number of rotatable bonds is 0. The second kappa shape index (κ2) is 2.23. The Kier molecular flexibility index (Phi) is 1.42. The Morgan fingerprint density at radius 3 is 2.90 bits per heavy atom. The van der Waals surface area contributed by atoms with Gasteiger partial charge in [-0.25, -0.2) is 4.98 Å². The lowest BCUT2D eigenvalue weighted by atomic mass is 10.3. The van der Waals surface area contributed by atoms with Crippen LogP contribution in [0.3, 0.4) is 0 Å². The van der Waals surface area contributed by atoms with Crippen molar-refractivity contribution in [1.29, 1.82) is 5.26 Å². The Bertz CT molecular complexity index is 290. The minimum Gasteiger partial charge on any atom is -0.504 e. The first-order chi connectivity index (χ1) is 4.74. The first-order valence-electron chi connectivity index (χ1n) is 2.58. The zero-order valence-electron chi connectivity index (χ0n) is 5.07. The molecule has 50 valence electrons. The predicted octanol–water partition coefficient (Wildman–Crippen LogP) is 0.241. The van der Waals surface area contributed by atoms with Crippen molar-refractivity contribution in [2.75, 3.05) is 5.73 Å². The molecular formula is C6H5N3O. The van der Waals surface area contributed by atoms with Gasteiger partial charge in [-0.1, -0.05) is 0 Å². The van der Waals surface area contributed by atoms with E-state index < -0.39 is 0 Å². The number of nitrogens with zero attached hydrogens (tertiary/aromatic N) is 2. The van der Waals surface area contributed by atoms with Crippen molar-refractivity contribution in [3.63, 3.8) is 0 Å². The summed E-state index contributed by atoms with van der Waals surface area (Å²) >= 11 is 0. The summed E-state index contributed by atoms with van der Waals surface area (Å²) in [5, 5.41) is 17.1. The summed E-state index contributed by atoms with van der Waals surface area (Å²) in [7, 11) is 0. The molecule has 4 nitrogen and oxygen atoms in total. The molecule has 0 amide bonds. The third kappa shape index (κ3) is 0.977. The number of aromatic nitrogens is 1. The quantitative estimate of drug-likeness (QED) is 0.533. The SMILES string of the molecule is N#Cc1cc(N)c(O)cn1. The lowest BCUT2D eigenvalue weighted by Gasteiger charge is -1.94. The van der Waals surface area contributed by atoms with Crippen LogP contribution in [0.25, 0.3) is 0 Å². The Morgan fingerprint density at radius 1 is 1.70 bits per heavy atom. The Balaban J connectivity index is 3.20. The average molecular weight is 135 g/mol. The van der Waals surface area contributed by atoms with Crippen LogP contribution in [0, 0.1) is 11.3 Å². The van der Waals surface area contributed by atoms with Crippen molar-refractivity contribution in [3.8, 4) is 11.8 Å². The van der Waals surface area contributed by atoms with Crippen molar-refractivity contribution in [2.45, 2.75) is 0 Å². The van der Waals surface area contributed by atoms with Gasteiger partial charge in [0.1, 0.15) is 11.8 Å². The van der Waals surface area contributed by atoms with Crippen molar-refractivity contribution in [3.05, 3.63) is 18.0 Å². The molecule has 3 N–H and O–H groups in total. The molecule has 0 atom stereocenters. The third-order valence-electron chi connectivity index (χ3n) is 1.03. The van der Waals surface area contributed by atoms with Gasteiger partial charge in [0.15, 0.2) is 5.75 Å². The van der Waals surface area contributed by atoms with Gasteiger partial charge in [-0.05, 0) is 0 Å². The minimum atomic E-state index is -0.0981. The highest BCUT2D eigenvalue weighted by atomic mass is 16.3. The number of nitriles is 1. The van der Waals surface area contributed by atoms with Crippen LogP contribution >= 0.6 is 0 Å². The normalized spacial score (nSPS) is 8.70. The van der Waals surface area contributed by atoms with Gasteiger partial charge in [0, 0.05) is 6.07 Å². The van der Waals surface area contributed by atoms with Crippen LogP contribution in [0.2, 0.25) is 0 Å². The number of hydrogen-bond acceptors (Lipinski definition) is 4. The molecule has 0 aliphatic rings. The van der Waals surface area contributed by atoms with Gasteiger partial charge in [-0.3, -0.25) is 0 Å². The minimum absolute atomic E-state index is 0.0981. The molecule has 0 saturated carbocycles. The van der Waals surface area contributed by atoms with Gasteiger partial charge in [0.25, 0.3) is 0 Å². The van der Waals surface area contributed by atoms with E-state index in [9.17, 15) is 0 Å². The third-order valence-corrected chi connectivity index (χ3v) is 1.03. The van der Waals surface area contributed by atoms with E-state index in [2.05, 4.69) is 4.98 Å². The maximum absolute atomic E-state index is 8.84. The second-order valence-corrected chi connectivity index (χ2v) is 1.74. The van der Waals surface area contributed by atoms with Crippen molar-refractivity contribution < 1.29 is 5.11 Å². The topological polar surface area (TPSA) is 82.9 Å². The van der Waals surface area contributed by atoms with E-state index in [1.807, 2.05) is 0 Å². The van der Waals surface area contributed by atoms with E-state index in [-0.39, 0.29) is 17.1 Å². The monoisotopic (exact) mass is 135 g/mol. The Hall–Kier alpha value is -1.76. The number of anilines is 1. The first kappa shape index (κ1) is 6.36. The molecule has 0 aliphatic heterocycles. The second-order valence-electron chi connectivity index (χ2n) is 1.74. The summed E-state index contributed by atoms with van der Waals surface area (Å²) in [6.45, 7) is 0. The lowest BCUT2D eigenvalue weighted by molar-refractivity contribution is 0.475. The molecule has 0 aliphatic carbocycles. The average Bonchev–Trinajstić information content (AvgIpc) is 1.95. The number of hydrogen-bond donors (Lipinski definition) is 2. The molecule has 0 saturated heterocycles. The molecule has 1 rings (SSSR count). The molecule has 10 heavy (non-hydrogen) atoms. The molecule has 0 fully saturated rings. The van der Waals surface area contributed by atoms with Crippen LogP contribution in [-0.4, -0.2) is 10.1 Å². The number of aromatic hydroxyl groups is 1. The van der Waals surface area contributed by atoms with Gasteiger partial charge in [-0.15, -0.1) is 0 Å². The summed E-state index contributed by atoms with van der Waals surface area (Å²) in [6.07, 6.45) is 1.15. The largest absolute Gasteiger partial charge is 0.504 e. The fraction of sp³-hybridized carbons (Fsp3) is 0. The maximum atomic E-state index is 8.84. The van der Waals surface area contributed by atoms with Crippen molar-refractivity contribution >= 4 is 5.69 Å². The van der Waals surface area contributed by atoms with Gasteiger partial charge in [-0.2, -0.15) is 5.26 Å². The molecule has 0 spiro atoms. The van der Waals surface area contributed by atoms with E-state index in [4.69, 9.17) is 16.1 Å². The van der Waals surface area contributed by atoms with E-state index in [1.54, 1.807) is 6.07 Å².